The first-order chi connectivity index (χ1) is 6.07. The largest absolute Gasteiger partial charge is 0.238 e. The minimum Gasteiger partial charge on any atom is -0.238 e. The molecule has 0 aliphatic rings. The summed E-state index contributed by atoms with van der Waals surface area (Å²) >= 11 is 0. The molecular formula is C11H16N2. The summed E-state index contributed by atoms with van der Waals surface area (Å²) in [6.07, 6.45) is 0. The number of hydrogen-bond acceptors (Lipinski definition) is 1. The molecule has 0 aliphatic heterocycles. The highest BCUT2D eigenvalue weighted by Crippen LogP contribution is 2.22. The van der Waals surface area contributed by atoms with Gasteiger partial charge in [-0.05, 0) is 30.5 Å². The SMILES string of the molecule is C=Nn1c(C(=C)C)ccc1C(C)C. The molecule has 0 fully saturated rings. The number of nitrogens with zero attached hydrogens (tertiary/aromatic N) is 2. The van der Waals surface area contributed by atoms with E-state index in [-0.39, 0.29) is 0 Å². The van der Waals surface area contributed by atoms with Crippen LogP contribution in [-0.2, 0) is 0 Å². The summed E-state index contributed by atoms with van der Waals surface area (Å²) in [5, 5.41) is 3.98. The topological polar surface area (TPSA) is 17.3 Å². The molecule has 0 saturated carbocycles. The van der Waals surface area contributed by atoms with Crippen molar-refractivity contribution >= 4 is 12.3 Å². The van der Waals surface area contributed by atoms with Crippen LogP contribution >= 0.6 is 0 Å². The Bertz CT molecular complexity index is 332. The molecule has 2 nitrogen and oxygen atoms in total. The van der Waals surface area contributed by atoms with Gasteiger partial charge in [0.05, 0.1) is 5.69 Å². The van der Waals surface area contributed by atoms with E-state index in [1.165, 1.54) is 5.69 Å². The van der Waals surface area contributed by atoms with Crippen molar-refractivity contribution in [2.24, 2.45) is 5.10 Å². The van der Waals surface area contributed by atoms with E-state index in [9.17, 15) is 0 Å². The van der Waals surface area contributed by atoms with Gasteiger partial charge in [0.25, 0.3) is 0 Å². The Labute approximate surface area is 79.6 Å². The molecule has 0 amide bonds. The standard InChI is InChI=1S/C11H16N2/c1-8(2)10-6-7-11(9(3)4)13(10)12-5/h6-7,9H,1,5H2,2-4H3. The second-order valence-electron chi connectivity index (χ2n) is 3.53. The van der Waals surface area contributed by atoms with Gasteiger partial charge in [-0.2, -0.15) is 5.10 Å². The van der Waals surface area contributed by atoms with Crippen LogP contribution in [-0.4, -0.2) is 11.4 Å². The Morgan fingerprint density at radius 3 is 2.46 bits per heavy atom. The van der Waals surface area contributed by atoms with E-state index >= 15 is 0 Å². The molecule has 0 unspecified atom stereocenters. The highest BCUT2D eigenvalue weighted by molar-refractivity contribution is 5.59. The molecule has 1 aromatic rings. The lowest BCUT2D eigenvalue weighted by atomic mass is 10.1. The van der Waals surface area contributed by atoms with E-state index < -0.39 is 0 Å². The number of rotatable bonds is 3. The smallest absolute Gasteiger partial charge is 0.0672 e. The zero-order valence-corrected chi connectivity index (χ0v) is 8.54. The summed E-state index contributed by atoms with van der Waals surface area (Å²) in [6.45, 7) is 13.7. The third kappa shape index (κ3) is 1.72. The van der Waals surface area contributed by atoms with Gasteiger partial charge in [-0.1, -0.05) is 20.4 Å². The third-order valence-electron chi connectivity index (χ3n) is 2.05. The van der Waals surface area contributed by atoms with E-state index in [4.69, 9.17) is 0 Å². The molecule has 1 heterocycles. The van der Waals surface area contributed by atoms with Crippen molar-refractivity contribution in [1.82, 2.24) is 4.68 Å². The van der Waals surface area contributed by atoms with Gasteiger partial charge in [0.1, 0.15) is 0 Å². The summed E-state index contributed by atoms with van der Waals surface area (Å²) in [7, 11) is 0. The fraction of sp³-hybridized carbons (Fsp3) is 0.364. The predicted molar refractivity (Wildman–Crippen MR) is 58.2 cm³/mol. The lowest BCUT2D eigenvalue weighted by Gasteiger charge is -2.09. The van der Waals surface area contributed by atoms with Crippen molar-refractivity contribution in [3.8, 4) is 0 Å². The molecular weight excluding hydrogens is 160 g/mol. The molecule has 70 valence electrons. The highest BCUT2D eigenvalue weighted by Gasteiger charge is 2.09. The Kier molecular flexibility index (Phi) is 2.71. The van der Waals surface area contributed by atoms with Crippen LogP contribution in [0.3, 0.4) is 0 Å². The maximum absolute atomic E-state index is 3.98. The summed E-state index contributed by atoms with van der Waals surface area (Å²) in [5.41, 5.74) is 3.23. The van der Waals surface area contributed by atoms with Crippen molar-refractivity contribution < 1.29 is 0 Å². The van der Waals surface area contributed by atoms with Crippen LogP contribution in [0.5, 0.6) is 0 Å². The molecule has 0 N–H and O–H groups in total. The van der Waals surface area contributed by atoms with Gasteiger partial charge < -0.3 is 0 Å². The second kappa shape index (κ2) is 3.60. The quantitative estimate of drug-likeness (QED) is 0.630. The molecule has 0 radical (unpaired) electrons. The van der Waals surface area contributed by atoms with Crippen LogP contribution in [0.25, 0.3) is 5.57 Å². The molecule has 1 rings (SSSR count). The van der Waals surface area contributed by atoms with Crippen molar-refractivity contribution in [2.75, 3.05) is 0 Å². The van der Waals surface area contributed by atoms with Gasteiger partial charge >= 0.3 is 0 Å². The van der Waals surface area contributed by atoms with E-state index in [1.54, 1.807) is 0 Å². The molecule has 0 aliphatic carbocycles. The van der Waals surface area contributed by atoms with Crippen molar-refractivity contribution in [3.63, 3.8) is 0 Å². The minimum atomic E-state index is 0.457. The maximum Gasteiger partial charge on any atom is 0.0672 e. The van der Waals surface area contributed by atoms with E-state index in [0.29, 0.717) is 5.92 Å². The molecule has 0 spiro atoms. The molecule has 2 heteroatoms. The molecule has 1 aromatic heterocycles. The molecule has 0 saturated heterocycles. The van der Waals surface area contributed by atoms with Gasteiger partial charge in [-0.3, -0.25) is 0 Å². The molecule has 0 bridgehead atoms. The van der Waals surface area contributed by atoms with Crippen LogP contribution in [0.1, 0.15) is 38.1 Å². The van der Waals surface area contributed by atoms with E-state index in [1.807, 2.05) is 17.7 Å². The molecule has 0 atom stereocenters. The van der Waals surface area contributed by atoms with Crippen LogP contribution in [0, 0.1) is 0 Å². The maximum atomic E-state index is 3.98. The zero-order chi connectivity index (χ0) is 10.0. The second-order valence-corrected chi connectivity index (χ2v) is 3.53. The zero-order valence-electron chi connectivity index (χ0n) is 8.54. The first-order valence-electron chi connectivity index (χ1n) is 4.42. The first kappa shape index (κ1) is 9.78. The fourth-order valence-corrected chi connectivity index (χ4v) is 1.36. The van der Waals surface area contributed by atoms with Crippen LogP contribution < -0.4 is 0 Å². The van der Waals surface area contributed by atoms with Crippen LogP contribution in [0.2, 0.25) is 0 Å². The summed E-state index contributed by atoms with van der Waals surface area (Å²) in [6, 6.07) is 4.11. The minimum absolute atomic E-state index is 0.457. The van der Waals surface area contributed by atoms with Gasteiger partial charge in [0, 0.05) is 12.4 Å². The van der Waals surface area contributed by atoms with Crippen molar-refractivity contribution in [3.05, 3.63) is 30.1 Å². The van der Waals surface area contributed by atoms with Gasteiger partial charge in [0.2, 0.25) is 0 Å². The third-order valence-corrected chi connectivity index (χ3v) is 2.05. The summed E-state index contributed by atoms with van der Waals surface area (Å²) in [5.74, 6) is 0.457. The number of aromatic nitrogens is 1. The Balaban J connectivity index is 3.26. The molecule has 13 heavy (non-hydrogen) atoms. The fourth-order valence-electron chi connectivity index (χ4n) is 1.36. The van der Waals surface area contributed by atoms with Gasteiger partial charge in [-0.25, -0.2) is 4.68 Å². The normalized spacial score (nSPS) is 10.5. The predicted octanol–water partition coefficient (Wildman–Crippen LogP) is 3.11. The summed E-state index contributed by atoms with van der Waals surface area (Å²) in [4.78, 5) is 0. The van der Waals surface area contributed by atoms with Crippen LogP contribution in [0.4, 0.5) is 0 Å². The summed E-state index contributed by atoms with van der Waals surface area (Å²) < 4.78 is 1.85. The first-order valence-corrected chi connectivity index (χ1v) is 4.42. The Morgan fingerprint density at radius 2 is 2.08 bits per heavy atom. The lowest BCUT2D eigenvalue weighted by molar-refractivity contribution is 0.725. The highest BCUT2D eigenvalue weighted by atomic mass is 15.3. The Hall–Kier alpha value is -1.31. The molecule has 0 aromatic carbocycles. The average Bonchev–Trinajstić information content (AvgIpc) is 2.46. The van der Waals surface area contributed by atoms with E-state index in [2.05, 4.69) is 38.3 Å². The average molecular weight is 176 g/mol. The van der Waals surface area contributed by atoms with Crippen molar-refractivity contribution in [2.45, 2.75) is 26.7 Å². The number of hydrogen-bond donors (Lipinski definition) is 0. The number of allylic oxidation sites excluding steroid dienone is 1. The monoisotopic (exact) mass is 176 g/mol. The van der Waals surface area contributed by atoms with E-state index in [0.717, 1.165) is 11.3 Å². The van der Waals surface area contributed by atoms with Crippen LogP contribution in [0.15, 0.2) is 23.8 Å². The van der Waals surface area contributed by atoms with Gasteiger partial charge in [-0.15, -0.1) is 0 Å². The lowest BCUT2D eigenvalue weighted by Crippen LogP contribution is -2.00. The van der Waals surface area contributed by atoms with Crippen molar-refractivity contribution in [1.29, 1.82) is 0 Å². The Morgan fingerprint density at radius 1 is 1.46 bits per heavy atom. The van der Waals surface area contributed by atoms with Gasteiger partial charge in [0.15, 0.2) is 0 Å².